The van der Waals surface area contributed by atoms with Crippen LogP contribution in [0.3, 0.4) is 0 Å². The van der Waals surface area contributed by atoms with E-state index in [4.69, 9.17) is 4.74 Å². The van der Waals surface area contributed by atoms with Crippen molar-refractivity contribution < 1.29 is 24.8 Å². The van der Waals surface area contributed by atoms with Gasteiger partial charge in [0.2, 0.25) is 0 Å². The van der Waals surface area contributed by atoms with Crippen molar-refractivity contribution in [3.05, 3.63) is 41.2 Å². The van der Waals surface area contributed by atoms with Crippen molar-refractivity contribution in [2.45, 2.75) is 25.0 Å². The molecule has 2 unspecified atom stereocenters. The number of hydrogen-bond acceptors (Lipinski definition) is 1. The molecule has 1 aromatic rings. The van der Waals surface area contributed by atoms with Crippen LogP contribution >= 0.6 is 0 Å². The van der Waals surface area contributed by atoms with E-state index in [1.165, 1.54) is 5.56 Å². The summed E-state index contributed by atoms with van der Waals surface area (Å²) in [6, 6.07) is 11.6. The maximum Gasteiger partial charge on any atom is 0.0543 e. The first-order valence-electron chi connectivity index (χ1n) is 5.06. The fourth-order valence-electron chi connectivity index (χ4n) is 1.87. The van der Waals surface area contributed by atoms with Gasteiger partial charge in [-0.15, -0.1) is 12.6 Å². The third-order valence-corrected chi connectivity index (χ3v) is 2.71. The second-order valence-corrected chi connectivity index (χ2v) is 3.62. The summed E-state index contributed by atoms with van der Waals surface area (Å²) in [6.07, 6.45) is 2.42. The number of hydrogen-bond donors (Lipinski definition) is 0. The van der Waals surface area contributed by atoms with Crippen LogP contribution in [0.15, 0.2) is 24.3 Å². The summed E-state index contributed by atoms with van der Waals surface area (Å²) in [5, 5.41) is 4.59. The van der Waals surface area contributed by atoms with Gasteiger partial charge < -0.3 is 10.1 Å². The smallest absolute Gasteiger partial charge is 0.0543 e. The van der Waals surface area contributed by atoms with Gasteiger partial charge in [-0.1, -0.05) is 0 Å². The van der Waals surface area contributed by atoms with E-state index in [9.17, 15) is 0 Å². The van der Waals surface area contributed by atoms with Crippen LogP contribution in [0.1, 0.15) is 24.4 Å². The molecule has 0 N–H and O–H groups in total. The Hall–Kier alpha value is -0.211. The number of ether oxygens (including phenoxy) is 1. The number of piperidine rings is 1. The fraction of sp³-hybridized carbons (Fsp3) is 0.500. The average molecular weight is 381 g/mol. The van der Waals surface area contributed by atoms with Crippen molar-refractivity contribution >= 4 is 0 Å². The number of benzene rings is 1. The Kier molecular flexibility index (Phi) is 5.48. The summed E-state index contributed by atoms with van der Waals surface area (Å²) in [7, 11) is 1.78. The van der Waals surface area contributed by atoms with Crippen molar-refractivity contribution in [2.75, 3.05) is 13.7 Å². The van der Waals surface area contributed by atoms with E-state index < -0.39 is 0 Å². The molecule has 2 rings (SSSR count). The Morgan fingerprint density at radius 3 is 3.00 bits per heavy atom. The van der Waals surface area contributed by atoms with E-state index in [0.717, 1.165) is 19.4 Å². The predicted octanol–water partition coefficient (Wildman–Crippen LogP) is 2.71. The molecule has 15 heavy (non-hydrogen) atoms. The first-order chi connectivity index (χ1) is 6.90. The molecule has 2 nitrogen and oxygen atoms in total. The summed E-state index contributed by atoms with van der Waals surface area (Å²) >= 11 is 0. The van der Waals surface area contributed by atoms with Gasteiger partial charge in [0, 0.05) is 27.2 Å². The zero-order valence-corrected chi connectivity index (χ0v) is 11.2. The summed E-state index contributed by atoms with van der Waals surface area (Å²) in [6.45, 7) is 0.909. The predicted molar refractivity (Wildman–Crippen MR) is 56.3 cm³/mol. The molecule has 1 aromatic carbocycles. The van der Waals surface area contributed by atoms with Gasteiger partial charge in [0.25, 0.3) is 0 Å². The first-order valence-corrected chi connectivity index (χ1v) is 5.06. The van der Waals surface area contributed by atoms with Gasteiger partial charge in [-0.3, -0.25) is 0 Å². The molecule has 1 saturated heterocycles. The minimum absolute atomic E-state index is 0. The van der Waals surface area contributed by atoms with Crippen LogP contribution in [0.25, 0.3) is 5.32 Å². The van der Waals surface area contributed by atoms with Crippen molar-refractivity contribution in [3.63, 3.8) is 0 Å². The minimum atomic E-state index is 0. The van der Waals surface area contributed by atoms with Gasteiger partial charge in [0.1, 0.15) is 0 Å². The van der Waals surface area contributed by atoms with E-state index in [-0.39, 0.29) is 26.1 Å². The van der Waals surface area contributed by atoms with Crippen LogP contribution in [-0.4, -0.2) is 19.8 Å². The summed E-state index contributed by atoms with van der Waals surface area (Å²) < 4.78 is 5.37. The second kappa shape index (κ2) is 6.39. The maximum atomic E-state index is 5.37. The van der Waals surface area contributed by atoms with Gasteiger partial charge in [-0.2, -0.15) is 35.9 Å². The molecule has 85 valence electrons. The van der Waals surface area contributed by atoms with Gasteiger partial charge >= 0.3 is 0 Å². The molecule has 1 heterocycles. The van der Waals surface area contributed by atoms with E-state index in [1.807, 2.05) is 18.2 Å². The van der Waals surface area contributed by atoms with Crippen molar-refractivity contribution in [3.8, 4) is 0 Å². The van der Waals surface area contributed by atoms with Crippen LogP contribution in [0.4, 0.5) is 0 Å². The van der Waals surface area contributed by atoms with Crippen LogP contribution in [0, 0.1) is 6.07 Å². The Labute approximate surface area is 105 Å². The van der Waals surface area contributed by atoms with Crippen LogP contribution in [0.5, 0.6) is 0 Å². The third-order valence-electron chi connectivity index (χ3n) is 2.71. The second-order valence-electron chi connectivity index (χ2n) is 3.62. The monoisotopic (exact) mass is 382 g/mol. The average Bonchev–Trinajstić information content (AvgIpc) is 2.30. The van der Waals surface area contributed by atoms with Gasteiger partial charge in [-0.25, -0.2) is 0 Å². The van der Waals surface area contributed by atoms with Crippen LogP contribution < -0.4 is 0 Å². The Bertz CT molecular complexity index is 278. The van der Waals surface area contributed by atoms with E-state index in [0.29, 0.717) is 6.10 Å². The SMILES string of the molecule is COC1CC[N-]C(c2[c-]cccc2)C1.[Ir]. The van der Waals surface area contributed by atoms with Crippen molar-refractivity contribution in [2.24, 2.45) is 0 Å². The molecule has 2 atom stereocenters. The number of rotatable bonds is 2. The topological polar surface area (TPSA) is 23.3 Å². The molecule has 0 amide bonds. The molecular formula is C12H15IrNO-2. The first kappa shape index (κ1) is 12.9. The maximum absolute atomic E-state index is 5.37. The summed E-state index contributed by atoms with van der Waals surface area (Å²) in [5.74, 6) is 0. The molecule has 1 fully saturated rings. The third kappa shape index (κ3) is 3.39. The fourth-order valence-corrected chi connectivity index (χ4v) is 1.87. The van der Waals surface area contributed by atoms with Gasteiger partial charge in [0.05, 0.1) is 6.10 Å². The quantitative estimate of drug-likeness (QED) is 0.723. The number of nitrogens with zero attached hydrogens (tertiary/aromatic N) is 1. The Balaban J connectivity index is 0.00000112. The molecule has 0 saturated carbocycles. The Morgan fingerprint density at radius 2 is 2.33 bits per heavy atom. The zero-order valence-electron chi connectivity index (χ0n) is 8.77. The van der Waals surface area contributed by atoms with Crippen LogP contribution in [-0.2, 0) is 24.8 Å². The molecule has 3 heteroatoms. The standard InChI is InChI=1S/C12H15NO.Ir/c1-14-11-7-8-13-12(9-11)10-5-3-2-4-6-10;/h2-5,11-12H,7-9H2,1H3;/q-2;. The molecule has 0 aromatic heterocycles. The summed E-state index contributed by atoms with van der Waals surface area (Å²) in [5.41, 5.74) is 1.19. The number of methoxy groups -OCH3 is 1. The molecular weight excluding hydrogens is 366 g/mol. The van der Waals surface area contributed by atoms with Crippen LogP contribution in [0.2, 0.25) is 0 Å². The van der Waals surface area contributed by atoms with Gasteiger partial charge in [0.15, 0.2) is 0 Å². The molecule has 1 radical (unpaired) electrons. The minimum Gasteiger partial charge on any atom is -0.657 e. The van der Waals surface area contributed by atoms with E-state index in [2.05, 4.69) is 17.4 Å². The molecule has 1 aliphatic heterocycles. The largest absolute Gasteiger partial charge is 0.657 e. The molecule has 1 aliphatic rings. The van der Waals surface area contributed by atoms with Crippen molar-refractivity contribution in [1.29, 1.82) is 0 Å². The molecule has 0 spiro atoms. The summed E-state index contributed by atoms with van der Waals surface area (Å²) in [4.78, 5) is 0. The molecule has 0 bridgehead atoms. The van der Waals surface area contributed by atoms with E-state index in [1.54, 1.807) is 7.11 Å². The Morgan fingerprint density at radius 1 is 1.47 bits per heavy atom. The normalized spacial score (nSPS) is 25.7. The van der Waals surface area contributed by atoms with E-state index >= 15 is 0 Å². The molecule has 0 aliphatic carbocycles. The zero-order chi connectivity index (χ0) is 9.80. The van der Waals surface area contributed by atoms with Crippen molar-refractivity contribution in [1.82, 2.24) is 0 Å². The van der Waals surface area contributed by atoms with Gasteiger partial charge in [-0.05, 0) is 12.8 Å².